The zero-order valence-electron chi connectivity index (χ0n) is 18.4. The van der Waals surface area contributed by atoms with Crippen LogP contribution < -0.4 is 5.32 Å². The number of likely N-dealkylation sites (tertiary alicyclic amines) is 1. The Labute approximate surface area is 207 Å². The molecule has 9 heteroatoms. The van der Waals surface area contributed by atoms with E-state index in [-0.39, 0.29) is 12.6 Å². The molecule has 0 bridgehead atoms. The molecule has 0 aliphatic carbocycles. The van der Waals surface area contributed by atoms with Gasteiger partial charge in [-0.25, -0.2) is 4.98 Å². The second-order valence-corrected chi connectivity index (χ2v) is 9.56. The first kappa shape index (κ1) is 24.3. The number of aromatic nitrogens is 1. The number of hydrogen-bond acceptors (Lipinski definition) is 6. The van der Waals surface area contributed by atoms with Crippen LogP contribution in [0, 0.1) is 0 Å². The Morgan fingerprint density at radius 1 is 1.12 bits per heavy atom. The predicted octanol–water partition coefficient (Wildman–Crippen LogP) is 3.09. The molecule has 34 heavy (non-hydrogen) atoms. The summed E-state index contributed by atoms with van der Waals surface area (Å²) in [6, 6.07) is 16.9. The SMILES string of the molecule is O=C(NCc1nc(Cc2ccccc2Cl)cs1)[C@H](O)[C@@H](O)C(=O)N1CCCC1c1ccccc1. The van der Waals surface area contributed by atoms with E-state index in [4.69, 9.17) is 11.6 Å². The largest absolute Gasteiger partial charge is 0.380 e. The molecule has 1 aromatic heterocycles. The summed E-state index contributed by atoms with van der Waals surface area (Å²) in [7, 11) is 0. The molecule has 7 nitrogen and oxygen atoms in total. The second kappa shape index (κ2) is 11.1. The van der Waals surface area contributed by atoms with Crippen molar-refractivity contribution < 1.29 is 19.8 Å². The minimum Gasteiger partial charge on any atom is -0.380 e. The molecule has 0 spiro atoms. The van der Waals surface area contributed by atoms with Gasteiger partial charge in [0, 0.05) is 23.4 Å². The number of hydrogen-bond donors (Lipinski definition) is 3. The van der Waals surface area contributed by atoms with Crippen LogP contribution in [0.1, 0.15) is 40.7 Å². The number of carbonyl (C=O) groups is 2. The number of nitrogens with one attached hydrogen (secondary N) is 1. The topological polar surface area (TPSA) is 103 Å². The molecule has 3 N–H and O–H groups in total. The number of carbonyl (C=O) groups excluding carboxylic acids is 2. The lowest BCUT2D eigenvalue weighted by Gasteiger charge is -2.28. The molecule has 2 heterocycles. The Hall–Kier alpha value is -2.78. The molecule has 3 atom stereocenters. The lowest BCUT2D eigenvalue weighted by atomic mass is 10.0. The molecular weight excluding hydrogens is 474 g/mol. The van der Waals surface area contributed by atoms with E-state index in [9.17, 15) is 19.8 Å². The minimum absolute atomic E-state index is 0.0837. The summed E-state index contributed by atoms with van der Waals surface area (Å²) >= 11 is 7.57. The van der Waals surface area contributed by atoms with Crippen molar-refractivity contribution in [3.63, 3.8) is 0 Å². The standard InChI is InChI=1S/C25H26ClN3O4S/c26-19-10-5-4-9-17(19)13-18-15-34-21(28-18)14-27-24(32)22(30)23(31)25(33)29-12-6-11-20(29)16-7-2-1-3-8-16/h1-5,7-10,15,20,22-23,30-31H,6,11-14H2,(H,27,32)/t20?,22-,23-/m1/s1. The van der Waals surface area contributed by atoms with Gasteiger partial charge < -0.3 is 20.4 Å². The normalized spacial score (nSPS) is 17.4. The zero-order valence-corrected chi connectivity index (χ0v) is 20.0. The van der Waals surface area contributed by atoms with Crippen LogP contribution in [0.25, 0.3) is 0 Å². The van der Waals surface area contributed by atoms with E-state index in [1.54, 1.807) is 0 Å². The van der Waals surface area contributed by atoms with Crippen molar-refractivity contribution in [2.75, 3.05) is 6.54 Å². The maximum atomic E-state index is 12.9. The van der Waals surface area contributed by atoms with E-state index in [1.165, 1.54) is 16.2 Å². The van der Waals surface area contributed by atoms with E-state index >= 15 is 0 Å². The highest BCUT2D eigenvalue weighted by Crippen LogP contribution is 2.32. The van der Waals surface area contributed by atoms with Crippen LogP contribution in [0.2, 0.25) is 5.02 Å². The highest BCUT2D eigenvalue weighted by molar-refractivity contribution is 7.09. The number of thiazole rings is 1. The van der Waals surface area contributed by atoms with Gasteiger partial charge >= 0.3 is 0 Å². The highest BCUT2D eigenvalue weighted by atomic mass is 35.5. The van der Waals surface area contributed by atoms with E-state index in [0.717, 1.165) is 29.7 Å². The van der Waals surface area contributed by atoms with Crippen molar-refractivity contribution >= 4 is 34.8 Å². The Bertz CT molecular complexity index is 1140. The summed E-state index contributed by atoms with van der Waals surface area (Å²) in [5.41, 5.74) is 2.74. The summed E-state index contributed by atoms with van der Waals surface area (Å²) in [6.45, 7) is 0.553. The monoisotopic (exact) mass is 499 g/mol. The summed E-state index contributed by atoms with van der Waals surface area (Å²) in [6.07, 6.45) is -1.58. The van der Waals surface area contributed by atoms with Gasteiger partial charge in [0.25, 0.3) is 11.8 Å². The first-order valence-electron chi connectivity index (χ1n) is 11.1. The van der Waals surface area contributed by atoms with Gasteiger partial charge in [-0.3, -0.25) is 9.59 Å². The van der Waals surface area contributed by atoms with Crippen LogP contribution in [0.5, 0.6) is 0 Å². The predicted molar refractivity (Wildman–Crippen MR) is 130 cm³/mol. The summed E-state index contributed by atoms with van der Waals surface area (Å²) in [4.78, 5) is 31.3. The van der Waals surface area contributed by atoms with Gasteiger partial charge in [-0.15, -0.1) is 11.3 Å². The Kier molecular flexibility index (Phi) is 7.95. The van der Waals surface area contributed by atoms with Gasteiger partial charge in [0.1, 0.15) is 5.01 Å². The second-order valence-electron chi connectivity index (χ2n) is 8.21. The fourth-order valence-corrected chi connectivity index (χ4v) is 5.05. The van der Waals surface area contributed by atoms with Gasteiger partial charge in [-0.05, 0) is 30.0 Å². The zero-order chi connectivity index (χ0) is 24.1. The Balaban J connectivity index is 1.31. The third-order valence-electron chi connectivity index (χ3n) is 5.88. The van der Waals surface area contributed by atoms with Crippen LogP contribution in [0.3, 0.4) is 0 Å². The van der Waals surface area contributed by atoms with Crippen LogP contribution in [0.15, 0.2) is 60.0 Å². The third kappa shape index (κ3) is 5.64. The molecule has 2 aromatic carbocycles. The smallest absolute Gasteiger partial charge is 0.255 e. The lowest BCUT2D eigenvalue weighted by molar-refractivity contribution is -0.153. The van der Waals surface area contributed by atoms with Crippen molar-refractivity contribution in [2.24, 2.45) is 0 Å². The highest BCUT2D eigenvalue weighted by Gasteiger charge is 2.38. The Morgan fingerprint density at radius 3 is 2.62 bits per heavy atom. The van der Waals surface area contributed by atoms with Crippen molar-refractivity contribution in [2.45, 2.75) is 44.1 Å². The van der Waals surface area contributed by atoms with Gasteiger partial charge in [0.15, 0.2) is 12.2 Å². The van der Waals surface area contributed by atoms with Crippen molar-refractivity contribution in [3.05, 3.63) is 86.8 Å². The molecule has 1 aliphatic heterocycles. The quantitative estimate of drug-likeness (QED) is 0.442. The van der Waals surface area contributed by atoms with Gasteiger partial charge in [-0.1, -0.05) is 60.1 Å². The molecule has 1 unspecified atom stereocenters. The Morgan fingerprint density at radius 2 is 1.85 bits per heavy atom. The maximum Gasteiger partial charge on any atom is 0.255 e. The molecule has 3 aromatic rings. The fourth-order valence-electron chi connectivity index (χ4n) is 4.12. The van der Waals surface area contributed by atoms with E-state index < -0.39 is 24.0 Å². The van der Waals surface area contributed by atoms with Gasteiger partial charge in [-0.2, -0.15) is 0 Å². The molecule has 2 amide bonds. The van der Waals surface area contributed by atoms with Crippen molar-refractivity contribution in [1.29, 1.82) is 0 Å². The molecule has 0 radical (unpaired) electrons. The number of halogens is 1. The molecule has 1 fully saturated rings. The van der Waals surface area contributed by atoms with E-state index in [2.05, 4.69) is 10.3 Å². The van der Waals surface area contributed by atoms with Crippen LogP contribution in [-0.4, -0.2) is 50.7 Å². The van der Waals surface area contributed by atoms with Gasteiger partial charge in [0.2, 0.25) is 0 Å². The molecule has 1 saturated heterocycles. The third-order valence-corrected chi connectivity index (χ3v) is 7.15. The van der Waals surface area contributed by atoms with Gasteiger partial charge in [0.05, 0.1) is 18.3 Å². The first-order chi connectivity index (χ1) is 16.4. The molecule has 0 saturated carbocycles. The van der Waals surface area contributed by atoms with Crippen LogP contribution in [-0.2, 0) is 22.6 Å². The van der Waals surface area contributed by atoms with E-state index in [0.29, 0.717) is 23.0 Å². The van der Waals surface area contributed by atoms with Crippen LogP contribution in [0.4, 0.5) is 0 Å². The number of aliphatic hydroxyl groups excluding tert-OH is 2. The number of rotatable bonds is 8. The summed E-state index contributed by atoms with van der Waals surface area (Å²) in [5.74, 6) is -1.47. The average Bonchev–Trinajstić information content (AvgIpc) is 3.53. The molecule has 1 aliphatic rings. The molecule has 178 valence electrons. The van der Waals surface area contributed by atoms with Crippen LogP contribution >= 0.6 is 22.9 Å². The average molecular weight is 500 g/mol. The molecular formula is C25H26ClN3O4S. The number of aliphatic hydroxyl groups is 2. The maximum absolute atomic E-state index is 12.9. The summed E-state index contributed by atoms with van der Waals surface area (Å²) < 4.78 is 0. The summed E-state index contributed by atoms with van der Waals surface area (Å²) in [5, 5.41) is 26.5. The lowest BCUT2D eigenvalue weighted by Crippen LogP contribution is -2.50. The molecule has 4 rings (SSSR count). The minimum atomic E-state index is -1.87. The van der Waals surface area contributed by atoms with Crippen molar-refractivity contribution in [3.8, 4) is 0 Å². The fraction of sp³-hybridized carbons (Fsp3) is 0.320. The number of benzene rings is 2. The van der Waals surface area contributed by atoms with Crippen molar-refractivity contribution in [1.82, 2.24) is 15.2 Å². The first-order valence-corrected chi connectivity index (χ1v) is 12.4. The number of amides is 2. The van der Waals surface area contributed by atoms with E-state index in [1.807, 2.05) is 60.0 Å². The number of nitrogens with zero attached hydrogens (tertiary/aromatic N) is 2.